The number of nitrogens with one attached hydrogen (secondary N) is 1. The smallest absolute Gasteiger partial charge is 0.243 e. The van der Waals surface area contributed by atoms with Crippen molar-refractivity contribution in [3.63, 3.8) is 0 Å². The molecule has 4 nitrogen and oxygen atoms in total. The maximum atomic E-state index is 13.7. The molecule has 1 atom stereocenters. The van der Waals surface area contributed by atoms with Crippen molar-refractivity contribution in [2.45, 2.75) is 52.1 Å². The van der Waals surface area contributed by atoms with E-state index in [2.05, 4.69) is 12.2 Å². The van der Waals surface area contributed by atoms with E-state index >= 15 is 0 Å². The number of carbonyl (C=O) groups excluding carboxylic acids is 2. The van der Waals surface area contributed by atoms with E-state index in [0.29, 0.717) is 18.0 Å². The highest BCUT2D eigenvalue weighted by molar-refractivity contribution is 6.31. The largest absolute Gasteiger partial charge is 0.354 e. The van der Waals surface area contributed by atoms with Crippen molar-refractivity contribution >= 4 is 23.4 Å². The normalized spacial score (nSPS) is 11.6. The fourth-order valence-corrected chi connectivity index (χ4v) is 4.05. The van der Waals surface area contributed by atoms with Crippen LogP contribution in [0.25, 0.3) is 0 Å². The predicted octanol–water partition coefficient (Wildman–Crippen LogP) is 5.75. The van der Waals surface area contributed by atoms with Crippen molar-refractivity contribution < 1.29 is 9.59 Å². The lowest BCUT2D eigenvalue weighted by molar-refractivity contribution is -0.140. The number of hydrogen-bond acceptors (Lipinski definition) is 2. The first-order valence-electron chi connectivity index (χ1n) is 11.9. The molecule has 0 bridgehead atoms. The van der Waals surface area contributed by atoms with E-state index in [1.54, 1.807) is 4.90 Å². The van der Waals surface area contributed by atoms with Gasteiger partial charge in [-0.25, -0.2) is 0 Å². The van der Waals surface area contributed by atoms with Crippen molar-refractivity contribution in [3.05, 3.63) is 106 Å². The third-order valence-electron chi connectivity index (χ3n) is 5.88. The molecule has 0 unspecified atom stereocenters. The average molecular weight is 477 g/mol. The summed E-state index contributed by atoms with van der Waals surface area (Å²) in [5, 5.41) is 3.63. The van der Waals surface area contributed by atoms with Crippen LogP contribution in [0.4, 0.5) is 0 Å². The van der Waals surface area contributed by atoms with Gasteiger partial charge < -0.3 is 10.2 Å². The molecule has 0 saturated carbocycles. The number of hydrogen-bond donors (Lipinski definition) is 1. The second-order valence-electron chi connectivity index (χ2n) is 8.63. The molecule has 3 aromatic rings. The van der Waals surface area contributed by atoms with E-state index < -0.39 is 6.04 Å². The summed E-state index contributed by atoms with van der Waals surface area (Å²) in [4.78, 5) is 28.8. The number of unbranched alkanes of at least 4 members (excludes halogenated alkanes) is 1. The number of halogens is 1. The van der Waals surface area contributed by atoms with Crippen LogP contribution in [-0.4, -0.2) is 29.3 Å². The van der Waals surface area contributed by atoms with Gasteiger partial charge in [-0.15, -0.1) is 0 Å². The van der Waals surface area contributed by atoms with Crippen molar-refractivity contribution in [1.82, 2.24) is 10.2 Å². The molecule has 0 spiro atoms. The zero-order valence-electron chi connectivity index (χ0n) is 20.0. The number of rotatable bonds is 11. The molecule has 0 saturated heterocycles. The van der Waals surface area contributed by atoms with Crippen LogP contribution < -0.4 is 5.32 Å². The topological polar surface area (TPSA) is 49.4 Å². The van der Waals surface area contributed by atoms with Crippen molar-refractivity contribution in [3.8, 4) is 0 Å². The SMILES string of the molecule is CCCCNC(=O)[C@H](Cc1ccccc1)N(Cc1ccccc1Cl)C(=O)Cc1ccc(C)cc1. The highest BCUT2D eigenvalue weighted by atomic mass is 35.5. The molecule has 2 amide bonds. The zero-order valence-corrected chi connectivity index (χ0v) is 20.7. The van der Waals surface area contributed by atoms with Crippen LogP contribution in [0.3, 0.4) is 0 Å². The predicted molar refractivity (Wildman–Crippen MR) is 139 cm³/mol. The minimum atomic E-state index is -0.645. The molecular weight excluding hydrogens is 444 g/mol. The Balaban J connectivity index is 1.94. The molecular formula is C29H33ClN2O2. The number of amides is 2. The van der Waals surface area contributed by atoms with Crippen LogP contribution in [0.15, 0.2) is 78.9 Å². The second kappa shape index (κ2) is 13.0. The van der Waals surface area contributed by atoms with E-state index in [0.717, 1.165) is 35.1 Å². The average Bonchev–Trinajstić information content (AvgIpc) is 2.84. The molecule has 0 heterocycles. The van der Waals surface area contributed by atoms with Gasteiger partial charge >= 0.3 is 0 Å². The number of nitrogens with zero attached hydrogens (tertiary/aromatic N) is 1. The summed E-state index contributed by atoms with van der Waals surface area (Å²) in [7, 11) is 0. The Bertz CT molecular complexity index is 1070. The van der Waals surface area contributed by atoms with Crippen LogP contribution in [0.5, 0.6) is 0 Å². The molecule has 0 aliphatic carbocycles. The minimum Gasteiger partial charge on any atom is -0.354 e. The van der Waals surface area contributed by atoms with Crippen LogP contribution in [0.2, 0.25) is 5.02 Å². The van der Waals surface area contributed by atoms with Crippen molar-refractivity contribution in [2.75, 3.05) is 6.54 Å². The summed E-state index contributed by atoms with van der Waals surface area (Å²) in [6.07, 6.45) is 2.53. The molecule has 3 aromatic carbocycles. The van der Waals surface area contributed by atoms with E-state index in [4.69, 9.17) is 11.6 Å². The van der Waals surface area contributed by atoms with Crippen LogP contribution in [0, 0.1) is 6.92 Å². The van der Waals surface area contributed by atoms with Crippen LogP contribution in [0.1, 0.15) is 42.0 Å². The quantitative estimate of drug-likeness (QED) is 0.358. The summed E-state index contributed by atoms with van der Waals surface area (Å²) in [5.74, 6) is -0.239. The van der Waals surface area contributed by atoms with Gasteiger partial charge in [-0.2, -0.15) is 0 Å². The number of benzene rings is 3. The maximum Gasteiger partial charge on any atom is 0.243 e. The molecule has 3 rings (SSSR count). The fourth-order valence-electron chi connectivity index (χ4n) is 3.85. The van der Waals surface area contributed by atoms with Gasteiger partial charge in [0.25, 0.3) is 0 Å². The number of aryl methyl sites for hydroxylation is 1. The van der Waals surface area contributed by atoms with Crippen LogP contribution >= 0.6 is 11.6 Å². The van der Waals surface area contributed by atoms with Gasteiger partial charge in [-0.3, -0.25) is 9.59 Å². The Kier molecular flexibility index (Phi) is 9.72. The molecule has 178 valence electrons. The second-order valence-corrected chi connectivity index (χ2v) is 9.03. The first kappa shape index (κ1) is 25.5. The molecule has 0 fully saturated rings. The van der Waals surface area contributed by atoms with E-state index in [-0.39, 0.29) is 24.8 Å². The summed E-state index contributed by atoms with van der Waals surface area (Å²) >= 11 is 6.46. The molecule has 5 heteroatoms. The highest BCUT2D eigenvalue weighted by Gasteiger charge is 2.30. The van der Waals surface area contributed by atoms with Gasteiger partial charge in [0, 0.05) is 24.5 Å². The van der Waals surface area contributed by atoms with Crippen LogP contribution in [-0.2, 0) is 29.0 Å². The first-order chi connectivity index (χ1) is 16.5. The Morgan fingerprint density at radius 3 is 2.26 bits per heavy atom. The Hall–Kier alpha value is -3.11. The summed E-state index contributed by atoms with van der Waals surface area (Å²) in [5.41, 5.74) is 3.89. The summed E-state index contributed by atoms with van der Waals surface area (Å²) in [6.45, 7) is 4.96. The van der Waals surface area contributed by atoms with Gasteiger partial charge in [-0.1, -0.05) is 103 Å². The zero-order chi connectivity index (χ0) is 24.3. The monoisotopic (exact) mass is 476 g/mol. The van der Waals surface area contributed by atoms with E-state index in [9.17, 15) is 9.59 Å². The Morgan fingerprint density at radius 2 is 1.59 bits per heavy atom. The van der Waals surface area contributed by atoms with E-state index in [1.807, 2.05) is 85.8 Å². The third kappa shape index (κ3) is 7.46. The molecule has 34 heavy (non-hydrogen) atoms. The van der Waals surface area contributed by atoms with E-state index in [1.165, 1.54) is 0 Å². The van der Waals surface area contributed by atoms with Gasteiger partial charge in [-0.05, 0) is 36.1 Å². The Labute approximate surface area is 207 Å². The highest BCUT2D eigenvalue weighted by Crippen LogP contribution is 2.21. The standard InChI is InChI=1S/C29H33ClN2O2/c1-3-4-18-31-29(34)27(19-23-10-6-5-7-11-23)32(21-25-12-8-9-13-26(25)30)28(33)20-24-16-14-22(2)15-17-24/h5-17,27H,3-4,18-21H2,1-2H3,(H,31,34)/t27-/m0/s1. The first-order valence-corrected chi connectivity index (χ1v) is 12.3. The lowest BCUT2D eigenvalue weighted by Crippen LogP contribution is -2.51. The fraction of sp³-hybridized carbons (Fsp3) is 0.310. The molecule has 0 aromatic heterocycles. The van der Waals surface area contributed by atoms with Gasteiger partial charge in [0.15, 0.2) is 0 Å². The lowest BCUT2D eigenvalue weighted by atomic mass is 10.0. The summed E-state index contributed by atoms with van der Waals surface area (Å²) < 4.78 is 0. The summed E-state index contributed by atoms with van der Waals surface area (Å²) in [6, 6.07) is 24.6. The lowest BCUT2D eigenvalue weighted by Gasteiger charge is -2.32. The number of carbonyl (C=O) groups is 2. The maximum absolute atomic E-state index is 13.7. The molecule has 0 aliphatic rings. The molecule has 0 aliphatic heterocycles. The Morgan fingerprint density at radius 1 is 0.912 bits per heavy atom. The van der Waals surface area contributed by atoms with Gasteiger partial charge in [0.05, 0.1) is 6.42 Å². The third-order valence-corrected chi connectivity index (χ3v) is 6.24. The molecule has 1 N–H and O–H groups in total. The van der Waals surface area contributed by atoms with Gasteiger partial charge in [0.2, 0.25) is 11.8 Å². The van der Waals surface area contributed by atoms with Gasteiger partial charge in [0.1, 0.15) is 6.04 Å². The van der Waals surface area contributed by atoms with Crippen molar-refractivity contribution in [2.24, 2.45) is 0 Å². The molecule has 0 radical (unpaired) electrons. The van der Waals surface area contributed by atoms with Crippen molar-refractivity contribution in [1.29, 1.82) is 0 Å². The minimum absolute atomic E-state index is 0.102.